The molecule has 126 valence electrons. The summed E-state index contributed by atoms with van der Waals surface area (Å²) in [6, 6.07) is -0.621. The molecule has 0 aliphatic carbocycles. The van der Waals surface area contributed by atoms with Gasteiger partial charge in [0.25, 0.3) is 0 Å². The quantitative estimate of drug-likeness (QED) is 0.844. The highest BCUT2D eigenvalue weighted by molar-refractivity contribution is 5.87. The molecule has 2 atom stereocenters. The van der Waals surface area contributed by atoms with Gasteiger partial charge in [-0.3, -0.25) is 4.79 Å². The van der Waals surface area contributed by atoms with Crippen LogP contribution in [0.25, 0.3) is 0 Å². The number of nitrogens with zero attached hydrogens (tertiary/aromatic N) is 3. The van der Waals surface area contributed by atoms with E-state index in [4.69, 9.17) is 4.52 Å². The highest BCUT2D eigenvalue weighted by Gasteiger charge is 2.30. The van der Waals surface area contributed by atoms with E-state index in [-0.39, 0.29) is 17.9 Å². The molecule has 1 aromatic heterocycles. The van der Waals surface area contributed by atoms with Crippen LogP contribution in [0.15, 0.2) is 4.52 Å². The van der Waals surface area contributed by atoms with Crippen molar-refractivity contribution in [3.05, 3.63) is 11.7 Å². The van der Waals surface area contributed by atoms with E-state index in [0.29, 0.717) is 37.8 Å². The number of rotatable bonds is 2. The first-order chi connectivity index (χ1) is 11.1. The number of hydrogen-bond acceptors (Lipinski definition) is 5. The number of aryl methyl sites for hydroxylation is 1. The Hall–Kier alpha value is -2.12. The van der Waals surface area contributed by atoms with Crippen LogP contribution in [0.1, 0.15) is 49.7 Å². The van der Waals surface area contributed by atoms with Crippen LogP contribution in [0.4, 0.5) is 4.79 Å². The number of urea groups is 1. The van der Waals surface area contributed by atoms with Crippen LogP contribution in [0, 0.1) is 6.92 Å². The first-order valence-electron chi connectivity index (χ1n) is 8.27. The van der Waals surface area contributed by atoms with Crippen molar-refractivity contribution in [2.75, 3.05) is 19.6 Å². The summed E-state index contributed by atoms with van der Waals surface area (Å²) < 4.78 is 5.23. The molecule has 3 heterocycles. The van der Waals surface area contributed by atoms with Gasteiger partial charge in [0, 0.05) is 19.6 Å². The van der Waals surface area contributed by atoms with Crippen molar-refractivity contribution < 1.29 is 14.1 Å². The van der Waals surface area contributed by atoms with E-state index in [1.54, 1.807) is 11.8 Å². The lowest BCUT2D eigenvalue weighted by atomic mass is 9.98. The molecule has 2 fully saturated rings. The van der Waals surface area contributed by atoms with Crippen LogP contribution in [-0.2, 0) is 4.79 Å². The summed E-state index contributed by atoms with van der Waals surface area (Å²) >= 11 is 0. The van der Waals surface area contributed by atoms with Crippen molar-refractivity contribution in [3.63, 3.8) is 0 Å². The molecule has 2 aliphatic heterocycles. The van der Waals surface area contributed by atoms with E-state index in [0.717, 1.165) is 25.7 Å². The smallest absolute Gasteiger partial charge is 0.318 e. The molecule has 2 saturated heterocycles. The summed E-state index contributed by atoms with van der Waals surface area (Å²) in [6.45, 7) is 3.70. The van der Waals surface area contributed by atoms with Gasteiger partial charge in [-0.2, -0.15) is 4.98 Å². The fourth-order valence-electron chi connectivity index (χ4n) is 3.16. The molecular weight excluding hydrogens is 298 g/mol. The lowest BCUT2D eigenvalue weighted by molar-refractivity contribution is -0.122. The third-order valence-electron chi connectivity index (χ3n) is 4.43. The van der Waals surface area contributed by atoms with Gasteiger partial charge in [-0.1, -0.05) is 5.16 Å². The van der Waals surface area contributed by atoms with Gasteiger partial charge in [-0.05, 0) is 39.0 Å². The molecule has 2 N–H and O–H groups in total. The van der Waals surface area contributed by atoms with Gasteiger partial charge in [0.2, 0.25) is 11.8 Å². The summed E-state index contributed by atoms with van der Waals surface area (Å²) in [5.74, 6) is 1.18. The number of nitrogens with one attached hydrogen (secondary N) is 2. The average molecular weight is 321 g/mol. The van der Waals surface area contributed by atoms with Gasteiger partial charge in [0.1, 0.15) is 6.04 Å². The third-order valence-corrected chi connectivity index (χ3v) is 4.43. The van der Waals surface area contributed by atoms with Gasteiger partial charge >= 0.3 is 6.03 Å². The summed E-state index contributed by atoms with van der Waals surface area (Å²) in [7, 11) is 0. The zero-order chi connectivity index (χ0) is 16.2. The Balaban J connectivity index is 1.59. The number of aromatic nitrogens is 2. The summed E-state index contributed by atoms with van der Waals surface area (Å²) in [6.07, 6.45) is 4.40. The maximum Gasteiger partial charge on any atom is 0.318 e. The molecule has 1 aromatic rings. The van der Waals surface area contributed by atoms with Crippen molar-refractivity contribution in [3.8, 4) is 0 Å². The van der Waals surface area contributed by atoms with Crippen molar-refractivity contribution in [2.24, 2.45) is 0 Å². The zero-order valence-corrected chi connectivity index (χ0v) is 13.4. The number of carbonyl (C=O) groups excluding carboxylic acids is 2. The van der Waals surface area contributed by atoms with Gasteiger partial charge < -0.3 is 20.1 Å². The fourth-order valence-corrected chi connectivity index (χ4v) is 3.16. The Labute approximate surface area is 135 Å². The topological polar surface area (TPSA) is 100 Å². The van der Waals surface area contributed by atoms with Gasteiger partial charge in [0.05, 0.1) is 5.92 Å². The Bertz CT molecular complexity index is 573. The largest absolute Gasteiger partial charge is 0.354 e. The predicted molar refractivity (Wildman–Crippen MR) is 81.8 cm³/mol. The lowest BCUT2D eigenvalue weighted by Crippen LogP contribution is -2.52. The molecule has 8 heteroatoms. The SMILES string of the molecule is Cc1noc(C2CCCN(C(=O)NC3CCCCNC3=O)C2)n1. The van der Waals surface area contributed by atoms with Crippen molar-refractivity contribution in [1.82, 2.24) is 25.7 Å². The fraction of sp³-hybridized carbons (Fsp3) is 0.733. The second-order valence-corrected chi connectivity index (χ2v) is 6.25. The zero-order valence-electron chi connectivity index (χ0n) is 13.4. The van der Waals surface area contributed by atoms with Gasteiger partial charge in [0.15, 0.2) is 5.82 Å². The highest BCUT2D eigenvalue weighted by atomic mass is 16.5. The second-order valence-electron chi connectivity index (χ2n) is 6.25. The van der Waals surface area contributed by atoms with Crippen molar-refractivity contribution in [1.29, 1.82) is 0 Å². The number of carbonyl (C=O) groups is 2. The Morgan fingerprint density at radius 2 is 2.22 bits per heavy atom. The number of likely N-dealkylation sites (tertiary alicyclic amines) is 1. The van der Waals surface area contributed by atoms with Crippen molar-refractivity contribution in [2.45, 2.75) is 51.0 Å². The minimum Gasteiger partial charge on any atom is -0.354 e. The van der Waals surface area contributed by atoms with Crippen LogP contribution < -0.4 is 10.6 Å². The molecule has 2 aliphatic rings. The molecule has 0 radical (unpaired) electrons. The van der Waals surface area contributed by atoms with Crippen LogP contribution in [-0.4, -0.2) is 52.7 Å². The van der Waals surface area contributed by atoms with Crippen LogP contribution in [0.5, 0.6) is 0 Å². The molecule has 3 rings (SSSR count). The summed E-state index contributed by atoms with van der Waals surface area (Å²) in [5, 5.41) is 9.52. The van der Waals surface area contributed by atoms with E-state index in [1.165, 1.54) is 0 Å². The summed E-state index contributed by atoms with van der Waals surface area (Å²) in [5.41, 5.74) is 0. The molecule has 8 nitrogen and oxygen atoms in total. The van der Waals surface area contributed by atoms with E-state index in [1.807, 2.05) is 0 Å². The Morgan fingerprint density at radius 1 is 1.35 bits per heavy atom. The van der Waals surface area contributed by atoms with Crippen LogP contribution in [0.3, 0.4) is 0 Å². The molecule has 0 saturated carbocycles. The van der Waals surface area contributed by atoms with Crippen molar-refractivity contribution >= 4 is 11.9 Å². The lowest BCUT2D eigenvalue weighted by Gasteiger charge is -2.32. The molecular formula is C15H23N5O3. The number of piperidine rings is 1. The van der Waals surface area contributed by atoms with Gasteiger partial charge in [-0.25, -0.2) is 4.79 Å². The standard InChI is InChI=1S/C15H23N5O3/c1-10-17-14(23-19-10)11-5-4-8-20(9-11)15(22)18-12-6-2-3-7-16-13(12)21/h11-12H,2-9H2,1H3,(H,16,21)(H,18,22). The average Bonchev–Trinajstić information content (AvgIpc) is 2.89. The molecule has 0 aromatic carbocycles. The maximum absolute atomic E-state index is 12.5. The molecule has 2 unspecified atom stereocenters. The minimum atomic E-state index is -0.434. The minimum absolute atomic E-state index is 0.0682. The third kappa shape index (κ3) is 3.80. The maximum atomic E-state index is 12.5. The van der Waals surface area contributed by atoms with E-state index in [9.17, 15) is 9.59 Å². The van der Waals surface area contributed by atoms with E-state index < -0.39 is 6.04 Å². The Kier molecular flexibility index (Phi) is 4.78. The second kappa shape index (κ2) is 6.97. The van der Waals surface area contributed by atoms with E-state index in [2.05, 4.69) is 20.8 Å². The number of hydrogen-bond donors (Lipinski definition) is 2. The normalized spacial score (nSPS) is 25.6. The van der Waals surface area contributed by atoms with Crippen LogP contribution in [0.2, 0.25) is 0 Å². The molecule has 0 bridgehead atoms. The monoisotopic (exact) mass is 321 g/mol. The molecule has 3 amide bonds. The highest BCUT2D eigenvalue weighted by Crippen LogP contribution is 2.25. The molecule has 23 heavy (non-hydrogen) atoms. The molecule has 0 spiro atoms. The van der Waals surface area contributed by atoms with E-state index >= 15 is 0 Å². The first-order valence-corrected chi connectivity index (χ1v) is 8.27. The number of amides is 3. The predicted octanol–water partition coefficient (Wildman–Crippen LogP) is 0.936. The van der Waals surface area contributed by atoms with Gasteiger partial charge in [-0.15, -0.1) is 0 Å². The summed E-state index contributed by atoms with van der Waals surface area (Å²) in [4.78, 5) is 30.4. The van der Waals surface area contributed by atoms with Crippen LogP contribution >= 0.6 is 0 Å². The first kappa shape index (κ1) is 15.8. The Morgan fingerprint density at radius 3 is 3.00 bits per heavy atom.